The van der Waals surface area contributed by atoms with E-state index in [0.29, 0.717) is 6.04 Å². The van der Waals surface area contributed by atoms with E-state index >= 15 is 0 Å². The van der Waals surface area contributed by atoms with Gasteiger partial charge < -0.3 is 5.32 Å². The summed E-state index contributed by atoms with van der Waals surface area (Å²) in [6, 6.07) is 2.43. The maximum absolute atomic E-state index is 4.40. The van der Waals surface area contributed by atoms with E-state index in [4.69, 9.17) is 0 Å². The maximum Gasteiger partial charge on any atom is 0.115 e. The second-order valence-electron chi connectivity index (χ2n) is 5.10. The zero-order valence-electron chi connectivity index (χ0n) is 10.9. The molecular formula is C14H23N3. The van der Waals surface area contributed by atoms with Crippen molar-refractivity contribution in [2.45, 2.75) is 45.1 Å². The molecule has 1 aromatic heterocycles. The summed E-state index contributed by atoms with van der Waals surface area (Å²) in [5.74, 6) is 1.64. The summed E-state index contributed by atoms with van der Waals surface area (Å²) < 4.78 is 0. The van der Waals surface area contributed by atoms with Gasteiger partial charge in [0, 0.05) is 6.20 Å². The van der Waals surface area contributed by atoms with E-state index in [2.05, 4.69) is 22.2 Å². The average molecular weight is 233 g/mol. The summed E-state index contributed by atoms with van der Waals surface area (Å²) in [7, 11) is 2.04. The minimum Gasteiger partial charge on any atom is -0.311 e. The molecule has 17 heavy (non-hydrogen) atoms. The molecule has 0 radical (unpaired) electrons. The SMILES string of the molecule is CCC1CCCC(C(NC)c2ccncn2)C1. The van der Waals surface area contributed by atoms with E-state index in [1.807, 2.05) is 19.3 Å². The highest BCUT2D eigenvalue weighted by Crippen LogP contribution is 2.37. The van der Waals surface area contributed by atoms with Crippen LogP contribution in [-0.4, -0.2) is 17.0 Å². The van der Waals surface area contributed by atoms with Gasteiger partial charge in [-0.05, 0) is 37.8 Å². The first-order valence-electron chi connectivity index (χ1n) is 6.78. The molecule has 1 fully saturated rings. The average Bonchev–Trinajstić information content (AvgIpc) is 2.41. The lowest BCUT2D eigenvalue weighted by molar-refractivity contribution is 0.212. The quantitative estimate of drug-likeness (QED) is 0.869. The Bertz CT molecular complexity index is 325. The van der Waals surface area contributed by atoms with Gasteiger partial charge in [0.2, 0.25) is 0 Å². The minimum atomic E-state index is 0.396. The maximum atomic E-state index is 4.40. The number of hydrogen-bond donors (Lipinski definition) is 1. The van der Waals surface area contributed by atoms with Crippen molar-refractivity contribution in [2.75, 3.05) is 7.05 Å². The molecule has 3 unspecified atom stereocenters. The Morgan fingerprint density at radius 1 is 1.47 bits per heavy atom. The summed E-state index contributed by atoms with van der Waals surface area (Å²) in [6.45, 7) is 2.31. The summed E-state index contributed by atoms with van der Waals surface area (Å²) in [4.78, 5) is 8.40. The van der Waals surface area contributed by atoms with Crippen molar-refractivity contribution in [3.8, 4) is 0 Å². The molecule has 2 rings (SSSR count). The fourth-order valence-corrected chi connectivity index (χ4v) is 3.12. The zero-order chi connectivity index (χ0) is 12.1. The van der Waals surface area contributed by atoms with Crippen LogP contribution < -0.4 is 5.32 Å². The molecule has 1 aliphatic rings. The Morgan fingerprint density at radius 3 is 3.00 bits per heavy atom. The third-order valence-electron chi connectivity index (χ3n) is 4.11. The summed E-state index contributed by atoms with van der Waals surface area (Å²) >= 11 is 0. The predicted molar refractivity (Wildman–Crippen MR) is 69.6 cm³/mol. The summed E-state index contributed by atoms with van der Waals surface area (Å²) in [6.07, 6.45) is 10.3. The Labute approximate surface area is 104 Å². The largest absolute Gasteiger partial charge is 0.311 e. The van der Waals surface area contributed by atoms with Gasteiger partial charge >= 0.3 is 0 Å². The summed E-state index contributed by atoms with van der Waals surface area (Å²) in [5.41, 5.74) is 1.14. The lowest BCUT2D eigenvalue weighted by Gasteiger charge is -2.33. The van der Waals surface area contributed by atoms with Gasteiger partial charge in [-0.2, -0.15) is 0 Å². The lowest BCUT2D eigenvalue weighted by Crippen LogP contribution is -2.30. The van der Waals surface area contributed by atoms with Crippen LogP contribution in [0.25, 0.3) is 0 Å². The van der Waals surface area contributed by atoms with Gasteiger partial charge in [-0.15, -0.1) is 0 Å². The van der Waals surface area contributed by atoms with E-state index in [1.165, 1.54) is 32.1 Å². The molecule has 1 saturated carbocycles. The van der Waals surface area contributed by atoms with Crippen molar-refractivity contribution in [1.82, 2.24) is 15.3 Å². The standard InChI is InChI=1S/C14H23N3/c1-3-11-5-4-6-12(9-11)14(15-2)13-7-8-16-10-17-13/h7-8,10-12,14-15H,3-6,9H2,1-2H3. The van der Waals surface area contributed by atoms with Crippen LogP contribution in [0.15, 0.2) is 18.6 Å². The predicted octanol–water partition coefficient (Wildman–Crippen LogP) is 2.95. The van der Waals surface area contributed by atoms with E-state index in [9.17, 15) is 0 Å². The first-order chi connectivity index (χ1) is 8.35. The zero-order valence-corrected chi connectivity index (χ0v) is 10.9. The van der Waals surface area contributed by atoms with Crippen LogP contribution in [0.5, 0.6) is 0 Å². The molecule has 94 valence electrons. The second kappa shape index (κ2) is 6.10. The van der Waals surface area contributed by atoms with Gasteiger partial charge in [-0.25, -0.2) is 9.97 Å². The van der Waals surface area contributed by atoms with Gasteiger partial charge in [0.1, 0.15) is 6.33 Å². The number of hydrogen-bond acceptors (Lipinski definition) is 3. The molecule has 0 aliphatic heterocycles. The molecular weight excluding hydrogens is 210 g/mol. The first-order valence-corrected chi connectivity index (χ1v) is 6.78. The number of rotatable bonds is 4. The van der Waals surface area contributed by atoms with Gasteiger partial charge in [0.05, 0.1) is 11.7 Å². The highest BCUT2D eigenvalue weighted by molar-refractivity contribution is 5.06. The fourth-order valence-electron chi connectivity index (χ4n) is 3.12. The van der Waals surface area contributed by atoms with Crippen LogP contribution in [0.4, 0.5) is 0 Å². The van der Waals surface area contributed by atoms with Crippen LogP contribution in [-0.2, 0) is 0 Å². The van der Waals surface area contributed by atoms with Crippen LogP contribution in [0.1, 0.15) is 50.8 Å². The van der Waals surface area contributed by atoms with E-state index in [0.717, 1.165) is 17.5 Å². The van der Waals surface area contributed by atoms with Crippen molar-refractivity contribution in [1.29, 1.82) is 0 Å². The summed E-state index contributed by atoms with van der Waals surface area (Å²) in [5, 5.41) is 3.44. The molecule has 1 aliphatic carbocycles. The van der Waals surface area contributed by atoms with E-state index < -0.39 is 0 Å². The normalized spacial score (nSPS) is 26.7. The van der Waals surface area contributed by atoms with Crippen molar-refractivity contribution in [2.24, 2.45) is 11.8 Å². The van der Waals surface area contributed by atoms with Gasteiger partial charge in [0.25, 0.3) is 0 Å². The van der Waals surface area contributed by atoms with Crippen molar-refractivity contribution < 1.29 is 0 Å². The molecule has 3 heteroatoms. The van der Waals surface area contributed by atoms with E-state index in [-0.39, 0.29) is 0 Å². The molecule has 3 atom stereocenters. The van der Waals surface area contributed by atoms with Crippen molar-refractivity contribution in [3.05, 3.63) is 24.3 Å². The lowest BCUT2D eigenvalue weighted by atomic mass is 9.76. The van der Waals surface area contributed by atoms with Gasteiger partial charge in [0.15, 0.2) is 0 Å². The molecule has 1 aromatic rings. The Hall–Kier alpha value is -0.960. The molecule has 0 bridgehead atoms. The second-order valence-corrected chi connectivity index (χ2v) is 5.10. The van der Waals surface area contributed by atoms with Crippen LogP contribution in [0.2, 0.25) is 0 Å². The smallest absolute Gasteiger partial charge is 0.115 e. The van der Waals surface area contributed by atoms with Crippen molar-refractivity contribution >= 4 is 0 Å². The van der Waals surface area contributed by atoms with Gasteiger partial charge in [-0.1, -0.05) is 26.2 Å². The van der Waals surface area contributed by atoms with Crippen LogP contribution in [0, 0.1) is 11.8 Å². The van der Waals surface area contributed by atoms with Gasteiger partial charge in [-0.3, -0.25) is 0 Å². The number of nitrogens with one attached hydrogen (secondary N) is 1. The minimum absolute atomic E-state index is 0.396. The highest BCUT2D eigenvalue weighted by atomic mass is 14.9. The Kier molecular flexibility index (Phi) is 4.49. The molecule has 0 amide bonds. The molecule has 0 aromatic carbocycles. The highest BCUT2D eigenvalue weighted by Gasteiger charge is 2.28. The number of nitrogens with zero attached hydrogens (tertiary/aromatic N) is 2. The topological polar surface area (TPSA) is 37.8 Å². The Morgan fingerprint density at radius 2 is 2.35 bits per heavy atom. The molecule has 0 saturated heterocycles. The van der Waals surface area contributed by atoms with Crippen LogP contribution >= 0.6 is 0 Å². The fraction of sp³-hybridized carbons (Fsp3) is 0.714. The first kappa shape index (κ1) is 12.5. The number of aromatic nitrogens is 2. The third-order valence-corrected chi connectivity index (χ3v) is 4.11. The monoisotopic (exact) mass is 233 g/mol. The molecule has 1 N–H and O–H groups in total. The molecule has 3 nitrogen and oxygen atoms in total. The third kappa shape index (κ3) is 3.03. The molecule has 0 spiro atoms. The van der Waals surface area contributed by atoms with Crippen LogP contribution in [0.3, 0.4) is 0 Å². The Balaban J connectivity index is 2.08. The molecule has 1 heterocycles. The van der Waals surface area contributed by atoms with E-state index in [1.54, 1.807) is 6.33 Å². The van der Waals surface area contributed by atoms with Crippen molar-refractivity contribution in [3.63, 3.8) is 0 Å².